The molecule has 2 rings (SSSR count). The highest BCUT2D eigenvalue weighted by molar-refractivity contribution is 9.11. The van der Waals surface area contributed by atoms with Gasteiger partial charge in [0, 0.05) is 13.1 Å². The number of carbonyl (C=O) groups is 1. The largest absolute Gasteiger partial charge is 0.424 e. The van der Waals surface area contributed by atoms with Crippen molar-refractivity contribution in [2.75, 3.05) is 0 Å². The number of esters is 1. The molecule has 2 aromatic rings. The molecule has 0 saturated heterocycles. The first kappa shape index (κ1) is 15.9. The minimum atomic E-state index is -0.363. The van der Waals surface area contributed by atoms with E-state index in [1.807, 2.05) is 43.3 Å². The number of rotatable bonds is 3. The van der Waals surface area contributed by atoms with Gasteiger partial charge in [0.15, 0.2) is 5.75 Å². The molecule has 5 heteroatoms. The van der Waals surface area contributed by atoms with Gasteiger partial charge in [-0.15, -0.1) is 0 Å². The second-order valence-electron chi connectivity index (χ2n) is 4.50. The molecule has 0 aliphatic carbocycles. The van der Waals surface area contributed by atoms with Crippen molar-refractivity contribution < 1.29 is 9.53 Å². The molecular weight excluding hydrogens is 398 g/mol. The standard InChI is InChI=1S/C16H13Br2NO2/c1-10-3-5-13(6-4-10)19-9-12-7-14(17)16(15(18)8-12)21-11(2)20/h3-9H,1-2H3. The highest BCUT2D eigenvalue weighted by Crippen LogP contribution is 2.34. The molecule has 0 saturated carbocycles. The Morgan fingerprint density at radius 1 is 1.14 bits per heavy atom. The third kappa shape index (κ3) is 4.51. The third-order valence-corrected chi connectivity index (χ3v) is 3.84. The van der Waals surface area contributed by atoms with E-state index in [1.54, 1.807) is 6.21 Å². The van der Waals surface area contributed by atoms with E-state index in [2.05, 4.69) is 36.9 Å². The third-order valence-electron chi connectivity index (χ3n) is 2.66. The molecular formula is C16H13Br2NO2. The van der Waals surface area contributed by atoms with Crippen molar-refractivity contribution >= 4 is 49.7 Å². The number of aliphatic imine (C=N–C) groups is 1. The first-order valence-electron chi connectivity index (χ1n) is 6.24. The van der Waals surface area contributed by atoms with E-state index in [9.17, 15) is 4.79 Å². The molecule has 0 fully saturated rings. The summed E-state index contributed by atoms with van der Waals surface area (Å²) in [4.78, 5) is 15.5. The maximum Gasteiger partial charge on any atom is 0.308 e. The van der Waals surface area contributed by atoms with Crippen LogP contribution in [0, 0.1) is 6.92 Å². The quantitative estimate of drug-likeness (QED) is 0.396. The van der Waals surface area contributed by atoms with E-state index in [1.165, 1.54) is 12.5 Å². The summed E-state index contributed by atoms with van der Waals surface area (Å²) in [6.07, 6.45) is 1.76. The number of carbonyl (C=O) groups excluding carboxylic acids is 1. The molecule has 0 aromatic heterocycles. The van der Waals surface area contributed by atoms with E-state index in [-0.39, 0.29) is 5.97 Å². The van der Waals surface area contributed by atoms with Gasteiger partial charge in [-0.25, -0.2) is 0 Å². The number of halogens is 2. The molecule has 0 aliphatic rings. The number of hydrogen-bond acceptors (Lipinski definition) is 3. The molecule has 0 atom stereocenters. The minimum Gasteiger partial charge on any atom is -0.424 e. The SMILES string of the molecule is CC(=O)Oc1c(Br)cc(C=Nc2ccc(C)cc2)cc1Br. The summed E-state index contributed by atoms with van der Waals surface area (Å²) >= 11 is 6.79. The number of nitrogens with zero attached hydrogens (tertiary/aromatic N) is 1. The Kier molecular flexibility index (Phi) is 5.31. The van der Waals surface area contributed by atoms with Crippen LogP contribution >= 0.6 is 31.9 Å². The van der Waals surface area contributed by atoms with Gasteiger partial charge in [0.05, 0.1) is 14.6 Å². The Hall–Kier alpha value is -1.46. The van der Waals surface area contributed by atoms with Crippen LogP contribution < -0.4 is 4.74 Å². The molecule has 0 bridgehead atoms. The van der Waals surface area contributed by atoms with Crippen LogP contribution in [0.5, 0.6) is 5.75 Å². The minimum absolute atomic E-state index is 0.363. The molecule has 2 aromatic carbocycles. The summed E-state index contributed by atoms with van der Waals surface area (Å²) in [5, 5.41) is 0. The maximum atomic E-state index is 11.1. The van der Waals surface area contributed by atoms with Crippen LogP contribution in [0.4, 0.5) is 5.69 Å². The van der Waals surface area contributed by atoms with Gasteiger partial charge in [-0.1, -0.05) is 17.7 Å². The fourth-order valence-corrected chi connectivity index (χ4v) is 3.06. The van der Waals surface area contributed by atoms with Gasteiger partial charge in [0.1, 0.15) is 0 Å². The summed E-state index contributed by atoms with van der Waals surface area (Å²) in [5.41, 5.74) is 2.98. The lowest BCUT2D eigenvalue weighted by molar-refractivity contribution is -0.131. The molecule has 0 unspecified atom stereocenters. The zero-order valence-corrected chi connectivity index (χ0v) is 14.7. The topological polar surface area (TPSA) is 38.7 Å². The predicted molar refractivity (Wildman–Crippen MR) is 91.6 cm³/mol. The van der Waals surface area contributed by atoms with Gasteiger partial charge >= 0.3 is 5.97 Å². The van der Waals surface area contributed by atoms with Crippen LogP contribution in [-0.2, 0) is 4.79 Å². The van der Waals surface area contributed by atoms with Crippen LogP contribution in [0.1, 0.15) is 18.1 Å². The van der Waals surface area contributed by atoms with Crippen molar-refractivity contribution in [2.24, 2.45) is 4.99 Å². The number of hydrogen-bond donors (Lipinski definition) is 0. The normalized spacial score (nSPS) is 10.9. The van der Waals surface area contributed by atoms with E-state index < -0.39 is 0 Å². The molecule has 0 N–H and O–H groups in total. The molecule has 0 aliphatic heterocycles. The Balaban J connectivity index is 2.25. The summed E-state index contributed by atoms with van der Waals surface area (Å²) in [6.45, 7) is 3.40. The van der Waals surface area contributed by atoms with Gasteiger partial charge in [0.2, 0.25) is 0 Å². The van der Waals surface area contributed by atoms with Gasteiger partial charge in [-0.3, -0.25) is 9.79 Å². The lowest BCUT2D eigenvalue weighted by Gasteiger charge is -2.07. The zero-order chi connectivity index (χ0) is 15.4. The van der Waals surface area contributed by atoms with Gasteiger partial charge < -0.3 is 4.74 Å². The second kappa shape index (κ2) is 7.00. The van der Waals surface area contributed by atoms with E-state index in [0.29, 0.717) is 14.7 Å². The van der Waals surface area contributed by atoms with Crippen LogP contribution in [0.3, 0.4) is 0 Å². The van der Waals surface area contributed by atoms with Gasteiger partial charge in [-0.05, 0) is 68.6 Å². The average Bonchev–Trinajstić information content (AvgIpc) is 2.42. The van der Waals surface area contributed by atoms with E-state index in [4.69, 9.17) is 4.74 Å². The number of benzene rings is 2. The van der Waals surface area contributed by atoms with Gasteiger partial charge in [0.25, 0.3) is 0 Å². The maximum absolute atomic E-state index is 11.1. The van der Waals surface area contributed by atoms with Crippen molar-refractivity contribution in [3.8, 4) is 5.75 Å². The highest BCUT2D eigenvalue weighted by Gasteiger charge is 2.10. The summed E-state index contributed by atoms with van der Waals surface area (Å²) in [5.74, 6) is 0.104. The van der Waals surface area contributed by atoms with Gasteiger partial charge in [-0.2, -0.15) is 0 Å². The summed E-state index contributed by atoms with van der Waals surface area (Å²) in [7, 11) is 0. The van der Waals surface area contributed by atoms with Crippen molar-refractivity contribution in [1.82, 2.24) is 0 Å². The molecule has 3 nitrogen and oxygen atoms in total. The number of aryl methyl sites for hydroxylation is 1. The lowest BCUT2D eigenvalue weighted by atomic mass is 10.2. The van der Waals surface area contributed by atoms with Crippen molar-refractivity contribution in [3.63, 3.8) is 0 Å². The fourth-order valence-electron chi connectivity index (χ4n) is 1.68. The monoisotopic (exact) mass is 409 g/mol. The first-order valence-corrected chi connectivity index (χ1v) is 7.82. The zero-order valence-electron chi connectivity index (χ0n) is 11.6. The lowest BCUT2D eigenvalue weighted by Crippen LogP contribution is -2.03. The number of ether oxygens (including phenoxy) is 1. The summed E-state index contributed by atoms with van der Waals surface area (Å²) in [6, 6.07) is 11.7. The Morgan fingerprint density at radius 2 is 1.71 bits per heavy atom. The molecule has 0 spiro atoms. The predicted octanol–water partition coefficient (Wildman–Crippen LogP) is 5.20. The molecule has 0 amide bonds. The van der Waals surface area contributed by atoms with Crippen LogP contribution in [-0.4, -0.2) is 12.2 Å². The first-order chi connectivity index (χ1) is 9.95. The highest BCUT2D eigenvalue weighted by atomic mass is 79.9. The Labute approximate surface area is 140 Å². The van der Waals surface area contributed by atoms with Crippen LogP contribution in [0.2, 0.25) is 0 Å². The van der Waals surface area contributed by atoms with Crippen LogP contribution in [0.15, 0.2) is 50.3 Å². The fraction of sp³-hybridized carbons (Fsp3) is 0.125. The average molecular weight is 411 g/mol. The molecule has 0 radical (unpaired) electrons. The smallest absolute Gasteiger partial charge is 0.308 e. The Bertz CT molecular complexity index is 671. The van der Waals surface area contributed by atoms with Crippen molar-refractivity contribution in [3.05, 3.63) is 56.5 Å². The molecule has 21 heavy (non-hydrogen) atoms. The van der Waals surface area contributed by atoms with Crippen molar-refractivity contribution in [2.45, 2.75) is 13.8 Å². The summed E-state index contributed by atoms with van der Waals surface area (Å²) < 4.78 is 6.51. The van der Waals surface area contributed by atoms with Crippen molar-refractivity contribution in [1.29, 1.82) is 0 Å². The molecule has 0 heterocycles. The Morgan fingerprint density at radius 3 is 2.24 bits per heavy atom. The molecule has 108 valence electrons. The van der Waals surface area contributed by atoms with E-state index >= 15 is 0 Å². The van der Waals surface area contributed by atoms with Crippen LogP contribution in [0.25, 0.3) is 0 Å². The second-order valence-corrected chi connectivity index (χ2v) is 6.21. The van der Waals surface area contributed by atoms with E-state index in [0.717, 1.165) is 11.3 Å².